The van der Waals surface area contributed by atoms with Crippen LogP contribution in [-0.2, 0) is 0 Å². The number of benzene rings is 2. The van der Waals surface area contributed by atoms with E-state index in [4.69, 9.17) is 0 Å². The van der Waals surface area contributed by atoms with Gasteiger partial charge in [-0.25, -0.2) is 4.68 Å². The first-order valence-electron chi connectivity index (χ1n) is 7.72. The molecule has 1 aliphatic rings. The Balaban J connectivity index is 1.95. The molecule has 1 unspecified atom stereocenters. The van der Waals surface area contributed by atoms with Crippen LogP contribution >= 0.6 is 12.6 Å². The first-order valence-corrected chi connectivity index (χ1v) is 8.17. The Morgan fingerprint density at radius 2 is 1.88 bits per heavy atom. The Morgan fingerprint density at radius 1 is 1.12 bits per heavy atom. The number of hydrogen-bond acceptors (Lipinski definition) is 6. The maximum absolute atomic E-state index is 10.3. The van der Waals surface area contributed by atoms with Crippen molar-refractivity contribution in [1.82, 2.24) is 19.9 Å². The molecule has 1 aromatic heterocycles. The van der Waals surface area contributed by atoms with E-state index in [9.17, 15) is 10.2 Å². The fourth-order valence-corrected chi connectivity index (χ4v) is 3.21. The van der Waals surface area contributed by atoms with Crippen molar-refractivity contribution in [2.45, 2.75) is 11.3 Å². The monoisotopic (exact) mass is 352 g/mol. The SMILES string of the molecule is CN1C=C(n2nnc(S)c2-c2cccc3ccccc23)C(O)=CC1O. The third-order valence-electron chi connectivity index (χ3n) is 4.24. The number of fused-ring (bicyclic) bond motifs is 1. The summed E-state index contributed by atoms with van der Waals surface area (Å²) in [7, 11) is 1.71. The van der Waals surface area contributed by atoms with E-state index in [2.05, 4.69) is 22.9 Å². The summed E-state index contributed by atoms with van der Waals surface area (Å²) >= 11 is 4.46. The van der Waals surface area contributed by atoms with Crippen molar-refractivity contribution in [1.29, 1.82) is 0 Å². The average molecular weight is 352 g/mol. The van der Waals surface area contributed by atoms with Gasteiger partial charge in [0.2, 0.25) is 0 Å². The minimum atomic E-state index is -0.885. The molecule has 7 heteroatoms. The first kappa shape index (κ1) is 15.7. The molecule has 3 aromatic rings. The number of nitrogens with zero attached hydrogens (tertiary/aromatic N) is 4. The van der Waals surface area contributed by atoms with Gasteiger partial charge in [0, 0.05) is 24.9 Å². The van der Waals surface area contributed by atoms with Gasteiger partial charge in [-0.1, -0.05) is 47.7 Å². The van der Waals surface area contributed by atoms with Gasteiger partial charge >= 0.3 is 0 Å². The van der Waals surface area contributed by atoms with E-state index < -0.39 is 6.23 Å². The molecule has 1 atom stereocenters. The van der Waals surface area contributed by atoms with Gasteiger partial charge in [0.05, 0.1) is 0 Å². The zero-order chi connectivity index (χ0) is 17.6. The molecule has 1 aliphatic heterocycles. The van der Waals surface area contributed by atoms with Crippen LogP contribution < -0.4 is 0 Å². The topological polar surface area (TPSA) is 74.4 Å². The summed E-state index contributed by atoms with van der Waals surface area (Å²) in [5, 5.41) is 30.9. The molecule has 0 amide bonds. The minimum absolute atomic E-state index is 0.0645. The molecule has 0 saturated heterocycles. The molecular weight excluding hydrogens is 336 g/mol. The van der Waals surface area contributed by atoms with Crippen LogP contribution in [0.5, 0.6) is 0 Å². The Labute approximate surface area is 149 Å². The standard InChI is InChI=1S/C18H16N4O2S/c1-21-10-14(15(23)9-16(21)24)22-17(18(25)19-20-22)13-8-4-6-11-5-2-3-7-12(11)13/h2-10,16,23-25H,1H3. The predicted octanol–water partition coefficient (Wildman–Crippen LogP) is 2.89. The second-order valence-corrected chi connectivity index (χ2v) is 6.27. The van der Waals surface area contributed by atoms with E-state index in [-0.39, 0.29) is 5.76 Å². The number of hydrogen-bond donors (Lipinski definition) is 3. The highest BCUT2D eigenvalue weighted by atomic mass is 32.1. The largest absolute Gasteiger partial charge is 0.506 e. The van der Waals surface area contributed by atoms with E-state index >= 15 is 0 Å². The highest BCUT2D eigenvalue weighted by molar-refractivity contribution is 7.80. The lowest BCUT2D eigenvalue weighted by Crippen LogP contribution is -2.29. The summed E-state index contributed by atoms with van der Waals surface area (Å²) in [5.41, 5.74) is 2.01. The van der Waals surface area contributed by atoms with Crippen molar-refractivity contribution < 1.29 is 10.2 Å². The van der Waals surface area contributed by atoms with Gasteiger partial charge in [0.1, 0.15) is 28.4 Å². The Kier molecular flexibility index (Phi) is 3.74. The summed E-state index contributed by atoms with van der Waals surface area (Å²) in [5.74, 6) is -0.0645. The smallest absolute Gasteiger partial charge is 0.149 e. The van der Waals surface area contributed by atoms with Gasteiger partial charge in [-0.3, -0.25) is 0 Å². The second kappa shape index (κ2) is 5.94. The van der Waals surface area contributed by atoms with Crippen LogP contribution in [-0.4, -0.2) is 43.4 Å². The number of aliphatic hydroxyl groups excluding tert-OH is 2. The van der Waals surface area contributed by atoms with Crippen LogP contribution in [0.25, 0.3) is 27.7 Å². The van der Waals surface area contributed by atoms with Crippen molar-refractivity contribution in [3.05, 3.63) is 60.5 Å². The molecule has 0 spiro atoms. The molecule has 0 saturated carbocycles. The maximum atomic E-state index is 10.3. The number of rotatable bonds is 2. The van der Waals surface area contributed by atoms with Gasteiger partial charge in [-0.2, -0.15) is 0 Å². The van der Waals surface area contributed by atoms with Gasteiger partial charge in [-0.05, 0) is 10.8 Å². The summed E-state index contributed by atoms with van der Waals surface area (Å²) in [6, 6.07) is 14.0. The molecule has 0 radical (unpaired) electrons. The molecular formula is C18H16N4O2S. The highest BCUT2D eigenvalue weighted by Crippen LogP contribution is 2.34. The number of aromatic nitrogens is 3. The normalized spacial score (nSPS) is 17.6. The molecule has 0 aliphatic carbocycles. The number of thiol groups is 1. The summed E-state index contributed by atoms with van der Waals surface area (Å²) in [6.07, 6.45) is 2.09. The molecule has 2 aromatic carbocycles. The molecule has 2 N–H and O–H groups in total. The van der Waals surface area contributed by atoms with E-state index in [0.29, 0.717) is 16.4 Å². The molecule has 126 valence electrons. The fourth-order valence-electron chi connectivity index (χ4n) is 2.95. The van der Waals surface area contributed by atoms with Crippen molar-refractivity contribution in [2.24, 2.45) is 0 Å². The van der Waals surface area contributed by atoms with E-state index in [1.807, 2.05) is 42.5 Å². The number of aliphatic hydroxyl groups is 2. The maximum Gasteiger partial charge on any atom is 0.149 e. The molecule has 0 bridgehead atoms. The van der Waals surface area contributed by atoms with Gasteiger partial charge in [0.15, 0.2) is 0 Å². The average Bonchev–Trinajstić information content (AvgIpc) is 2.99. The lowest BCUT2D eigenvalue weighted by atomic mass is 10.0. The van der Waals surface area contributed by atoms with Crippen LogP contribution in [0.2, 0.25) is 0 Å². The minimum Gasteiger partial charge on any atom is -0.506 e. The number of allylic oxidation sites excluding steroid dienone is 1. The van der Waals surface area contributed by atoms with Crippen LogP contribution in [0.1, 0.15) is 0 Å². The number of likely N-dealkylation sites (N-methyl/N-ethyl adjacent to an activating group) is 1. The highest BCUT2D eigenvalue weighted by Gasteiger charge is 2.24. The molecule has 6 nitrogen and oxygen atoms in total. The fraction of sp³-hybridized carbons (Fsp3) is 0.111. The molecule has 2 heterocycles. The Hall–Kier alpha value is -2.77. The quantitative estimate of drug-likeness (QED) is 0.619. The Morgan fingerprint density at radius 3 is 2.72 bits per heavy atom. The zero-order valence-corrected chi connectivity index (χ0v) is 14.3. The lowest BCUT2D eigenvalue weighted by molar-refractivity contribution is 0.0928. The summed E-state index contributed by atoms with van der Waals surface area (Å²) in [6.45, 7) is 0. The van der Waals surface area contributed by atoms with Crippen LogP contribution in [0.15, 0.2) is 65.5 Å². The second-order valence-electron chi connectivity index (χ2n) is 5.85. The van der Waals surface area contributed by atoms with Crippen LogP contribution in [0.4, 0.5) is 0 Å². The van der Waals surface area contributed by atoms with Crippen LogP contribution in [0, 0.1) is 0 Å². The molecule has 25 heavy (non-hydrogen) atoms. The van der Waals surface area contributed by atoms with Crippen LogP contribution in [0.3, 0.4) is 0 Å². The molecule has 0 fully saturated rings. The first-order chi connectivity index (χ1) is 12.1. The predicted molar refractivity (Wildman–Crippen MR) is 99.0 cm³/mol. The summed E-state index contributed by atoms with van der Waals surface area (Å²) in [4.78, 5) is 1.57. The van der Waals surface area contributed by atoms with Crippen molar-refractivity contribution >= 4 is 29.1 Å². The van der Waals surface area contributed by atoms with E-state index in [1.165, 1.54) is 6.08 Å². The van der Waals surface area contributed by atoms with Gasteiger partial charge in [-0.15, -0.1) is 17.7 Å². The van der Waals surface area contributed by atoms with E-state index in [1.54, 1.807) is 22.8 Å². The van der Waals surface area contributed by atoms with Crippen molar-refractivity contribution in [2.75, 3.05) is 7.05 Å². The van der Waals surface area contributed by atoms with Gasteiger partial charge < -0.3 is 15.1 Å². The lowest BCUT2D eigenvalue weighted by Gasteiger charge is -2.25. The third-order valence-corrected chi connectivity index (χ3v) is 4.54. The van der Waals surface area contributed by atoms with Gasteiger partial charge in [0.25, 0.3) is 0 Å². The van der Waals surface area contributed by atoms with Crippen molar-refractivity contribution in [3.63, 3.8) is 0 Å². The zero-order valence-electron chi connectivity index (χ0n) is 13.4. The third kappa shape index (κ3) is 2.57. The Bertz CT molecular complexity index is 1020. The van der Waals surface area contributed by atoms with E-state index in [0.717, 1.165) is 16.3 Å². The summed E-state index contributed by atoms with van der Waals surface area (Å²) < 4.78 is 1.54. The van der Waals surface area contributed by atoms with Crippen molar-refractivity contribution in [3.8, 4) is 11.3 Å². The molecule has 4 rings (SSSR count).